The molecule has 0 amide bonds. The van der Waals surface area contributed by atoms with Crippen LogP contribution in [0.15, 0.2) is 36.4 Å². The topological polar surface area (TPSA) is 52.7 Å². The van der Waals surface area contributed by atoms with E-state index in [1.54, 1.807) is 28.4 Å². The van der Waals surface area contributed by atoms with Crippen LogP contribution in [-0.4, -0.2) is 33.4 Å². The molecule has 7 heteroatoms. The molecule has 0 aliphatic rings. The summed E-state index contributed by atoms with van der Waals surface area (Å²) in [6.45, 7) is 0. The molecule has 5 nitrogen and oxygen atoms in total. The third kappa shape index (κ3) is 3.40. The number of nitrogens with one attached hydrogen (secondary N) is 1. The first-order chi connectivity index (χ1) is 12.6. The van der Waals surface area contributed by atoms with Gasteiger partial charge in [-0.3, -0.25) is 0 Å². The van der Waals surface area contributed by atoms with Crippen LogP contribution in [0.5, 0.6) is 23.0 Å². The van der Waals surface area contributed by atoms with Crippen LogP contribution in [0.25, 0.3) is 21.7 Å². The molecular weight excluding hydrogens is 370 g/mol. The van der Waals surface area contributed by atoms with E-state index in [1.807, 2.05) is 36.4 Å². The maximum absolute atomic E-state index is 5.42. The summed E-state index contributed by atoms with van der Waals surface area (Å²) < 4.78 is 22.2. The Morgan fingerprint density at radius 1 is 0.731 bits per heavy atom. The maximum Gasteiger partial charge on any atom is 0.161 e. The van der Waals surface area contributed by atoms with E-state index in [9.17, 15) is 0 Å². The molecule has 0 aliphatic heterocycles. The van der Waals surface area contributed by atoms with Crippen LogP contribution in [0.2, 0.25) is 0 Å². The summed E-state index contributed by atoms with van der Waals surface area (Å²) in [5, 5.41) is 0. The quantitative estimate of drug-likeness (QED) is 0.589. The van der Waals surface area contributed by atoms with Crippen LogP contribution in [-0.2, 0) is 0 Å². The van der Waals surface area contributed by atoms with E-state index in [0.717, 1.165) is 21.7 Å². The lowest BCUT2D eigenvalue weighted by Crippen LogP contribution is -1.92. The van der Waals surface area contributed by atoms with Gasteiger partial charge in [-0.25, -0.2) is 0 Å². The molecule has 136 valence electrons. The fourth-order valence-electron chi connectivity index (χ4n) is 2.70. The molecule has 1 N–H and O–H groups in total. The van der Waals surface area contributed by atoms with Gasteiger partial charge in [-0.05, 0) is 54.2 Å². The predicted molar refractivity (Wildman–Crippen MR) is 107 cm³/mol. The average Bonchev–Trinajstić information content (AvgIpc) is 3.08. The smallest absolute Gasteiger partial charge is 0.161 e. The summed E-state index contributed by atoms with van der Waals surface area (Å²) in [5.74, 6) is 2.69. The Morgan fingerprint density at radius 3 is 1.77 bits per heavy atom. The van der Waals surface area contributed by atoms with E-state index in [1.165, 1.54) is 11.3 Å². The first kappa shape index (κ1) is 18.3. The molecule has 0 bridgehead atoms. The van der Waals surface area contributed by atoms with Gasteiger partial charge in [0.15, 0.2) is 27.0 Å². The number of hydrogen-bond donors (Lipinski definition) is 1. The second kappa shape index (κ2) is 7.80. The third-order valence-corrected chi connectivity index (χ3v) is 5.25. The van der Waals surface area contributed by atoms with Gasteiger partial charge in [0, 0.05) is 5.56 Å². The second-order valence-corrected chi connectivity index (χ2v) is 7.05. The SMILES string of the molecule is COc1ccc(-c2[nH]c(=S)sc2-c2ccc(OC)c(OC)c2)cc1OC. The molecule has 0 aliphatic carbocycles. The number of H-pyrrole nitrogens is 1. The summed E-state index contributed by atoms with van der Waals surface area (Å²) in [6.07, 6.45) is 0. The molecule has 3 rings (SSSR count). The number of rotatable bonds is 6. The van der Waals surface area contributed by atoms with E-state index in [-0.39, 0.29) is 0 Å². The average molecular weight is 389 g/mol. The van der Waals surface area contributed by atoms with Crippen molar-refractivity contribution in [2.75, 3.05) is 28.4 Å². The number of methoxy groups -OCH3 is 4. The molecule has 1 heterocycles. The van der Waals surface area contributed by atoms with Crippen LogP contribution in [0.4, 0.5) is 0 Å². The van der Waals surface area contributed by atoms with Crippen LogP contribution in [0.3, 0.4) is 0 Å². The van der Waals surface area contributed by atoms with Gasteiger partial charge in [-0.15, -0.1) is 11.3 Å². The van der Waals surface area contributed by atoms with Gasteiger partial charge in [0.2, 0.25) is 0 Å². The minimum Gasteiger partial charge on any atom is -0.493 e. The van der Waals surface area contributed by atoms with Crippen molar-refractivity contribution in [1.82, 2.24) is 4.98 Å². The molecule has 2 aromatic carbocycles. The summed E-state index contributed by atoms with van der Waals surface area (Å²) in [4.78, 5) is 4.30. The highest BCUT2D eigenvalue weighted by molar-refractivity contribution is 7.73. The zero-order chi connectivity index (χ0) is 18.7. The monoisotopic (exact) mass is 389 g/mol. The van der Waals surface area contributed by atoms with Crippen molar-refractivity contribution in [3.8, 4) is 44.7 Å². The normalized spacial score (nSPS) is 10.5. The van der Waals surface area contributed by atoms with Crippen molar-refractivity contribution in [2.45, 2.75) is 0 Å². The second-order valence-electron chi connectivity index (χ2n) is 5.36. The molecule has 0 radical (unpaired) electrons. The van der Waals surface area contributed by atoms with Crippen molar-refractivity contribution in [3.05, 3.63) is 40.4 Å². The van der Waals surface area contributed by atoms with Crippen LogP contribution >= 0.6 is 23.6 Å². The lowest BCUT2D eigenvalue weighted by atomic mass is 10.1. The van der Waals surface area contributed by atoms with Gasteiger partial charge in [0.1, 0.15) is 0 Å². The minimum atomic E-state index is 0.661. The van der Waals surface area contributed by atoms with Gasteiger partial charge >= 0.3 is 0 Å². The highest BCUT2D eigenvalue weighted by Crippen LogP contribution is 2.41. The number of aromatic nitrogens is 1. The molecule has 0 fully saturated rings. The molecule has 0 spiro atoms. The van der Waals surface area contributed by atoms with Crippen molar-refractivity contribution in [3.63, 3.8) is 0 Å². The number of hydrogen-bond acceptors (Lipinski definition) is 6. The van der Waals surface area contributed by atoms with Gasteiger partial charge in [0.25, 0.3) is 0 Å². The van der Waals surface area contributed by atoms with Crippen LogP contribution in [0, 0.1) is 3.95 Å². The largest absolute Gasteiger partial charge is 0.493 e. The van der Waals surface area contributed by atoms with E-state index in [4.69, 9.17) is 31.2 Å². The predicted octanol–water partition coefficient (Wildman–Crippen LogP) is 5.17. The van der Waals surface area contributed by atoms with Gasteiger partial charge < -0.3 is 23.9 Å². The molecule has 0 saturated carbocycles. The maximum atomic E-state index is 5.42. The van der Waals surface area contributed by atoms with E-state index >= 15 is 0 Å². The zero-order valence-electron chi connectivity index (χ0n) is 14.9. The molecule has 3 aromatic rings. The van der Waals surface area contributed by atoms with Gasteiger partial charge in [-0.2, -0.15) is 0 Å². The van der Waals surface area contributed by atoms with Crippen molar-refractivity contribution in [1.29, 1.82) is 0 Å². The summed E-state index contributed by atoms with van der Waals surface area (Å²) in [6, 6.07) is 11.6. The summed E-state index contributed by atoms with van der Waals surface area (Å²) in [7, 11) is 6.47. The van der Waals surface area contributed by atoms with Crippen molar-refractivity contribution < 1.29 is 18.9 Å². The molecular formula is C19H19NO4S2. The Bertz CT molecular complexity index is 902. The first-order valence-corrected chi connectivity index (χ1v) is 9.01. The van der Waals surface area contributed by atoms with E-state index < -0.39 is 0 Å². The standard InChI is InChI=1S/C19H19NO4S2/c1-21-13-7-5-11(9-15(13)23-3)17-18(26-19(25)20-17)12-6-8-14(22-2)16(10-12)24-4/h5-10H,1-4H3,(H,20,25). The Balaban J connectivity index is 2.14. The molecule has 26 heavy (non-hydrogen) atoms. The zero-order valence-corrected chi connectivity index (χ0v) is 16.5. The molecule has 0 unspecified atom stereocenters. The van der Waals surface area contributed by atoms with E-state index in [0.29, 0.717) is 27.0 Å². The molecule has 0 atom stereocenters. The Morgan fingerprint density at radius 2 is 1.23 bits per heavy atom. The highest BCUT2D eigenvalue weighted by atomic mass is 32.1. The van der Waals surface area contributed by atoms with E-state index in [2.05, 4.69) is 4.98 Å². The summed E-state index contributed by atoms with van der Waals surface area (Å²) in [5.41, 5.74) is 2.87. The number of ether oxygens (including phenoxy) is 4. The van der Waals surface area contributed by atoms with Crippen molar-refractivity contribution >= 4 is 23.6 Å². The number of aromatic amines is 1. The van der Waals surface area contributed by atoms with Crippen molar-refractivity contribution in [2.24, 2.45) is 0 Å². The van der Waals surface area contributed by atoms with Gasteiger partial charge in [0.05, 0.1) is 39.0 Å². The van der Waals surface area contributed by atoms with Crippen LogP contribution < -0.4 is 18.9 Å². The third-order valence-electron chi connectivity index (χ3n) is 3.97. The van der Waals surface area contributed by atoms with Gasteiger partial charge in [-0.1, -0.05) is 0 Å². The lowest BCUT2D eigenvalue weighted by Gasteiger charge is -2.11. The fraction of sp³-hybridized carbons (Fsp3) is 0.211. The number of thiazole rings is 1. The molecule has 0 saturated heterocycles. The Kier molecular flexibility index (Phi) is 5.49. The Hall–Kier alpha value is -2.51. The minimum absolute atomic E-state index is 0.661. The molecule has 1 aromatic heterocycles. The lowest BCUT2D eigenvalue weighted by molar-refractivity contribution is 0.355. The Labute approximate surface area is 161 Å². The van der Waals surface area contributed by atoms with Crippen LogP contribution in [0.1, 0.15) is 0 Å². The highest BCUT2D eigenvalue weighted by Gasteiger charge is 2.15. The fourth-order valence-corrected chi connectivity index (χ4v) is 3.91. The summed E-state index contributed by atoms with van der Waals surface area (Å²) >= 11 is 6.90. The first-order valence-electron chi connectivity index (χ1n) is 7.79. The number of benzene rings is 2.